The highest BCUT2D eigenvalue weighted by molar-refractivity contribution is 7.36. The van der Waals surface area contributed by atoms with Gasteiger partial charge in [0.25, 0.3) is 0 Å². The van der Waals surface area contributed by atoms with Crippen LogP contribution in [-0.2, 0) is 4.74 Å². The summed E-state index contributed by atoms with van der Waals surface area (Å²) in [5, 5.41) is 0. The Morgan fingerprint density at radius 2 is 1.67 bits per heavy atom. The third kappa shape index (κ3) is 47.8. The molecule has 0 saturated carbocycles. The van der Waals surface area contributed by atoms with Gasteiger partial charge in [0.1, 0.15) is 0 Å². The van der Waals surface area contributed by atoms with Crippen LogP contribution in [0.4, 0.5) is 0 Å². The minimum atomic E-state index is 0.643. The Morgan fingerprint density at radius 3 is 1.92 bits per heavy atom. The van der Waals surface area contributed by atoms with Gasteiger partial charge in [-0.3, -0.25) is 0 Å². The van der Waals surface area contributed by atoms with Crippen molar-refractivity contribution in [3.05, 3.63) is 0 Å². The lowest BCUT2D eigenvalue weighted by molar-refractivity contribution is 0.190. The molecule has 0 heterocycles. The average molecular weight is 195 g/mol. The quantitative estimate of drug-likeness (QED) is 0.553. The van der Waals surface area contributed by atoms with Gasteiger partial charge in [-0.05, 0) is 6.66 Å². The van der Waals surface area contributed by atoms with Crippen molar-refractivity contribution in [2.75, 3.05) is 26.2 Å². The highest BCUT2D eigenvalue weighted by Crippen LogP contribution is 1.99. The third-order valence-corrected chi connectivity index (χ3v) is 1.00. The van der Waals surface area contributed by atoms with E-state index in [0.29, 0.717) is 13.2 Å². The molecule has 12 heavy (non-hydrogen) atoms. The van der Waals surface area contributed by atoms with Crippen molar-refractivity contribution >= 4 is 8.58 Å². The molecule has 0 aromatic heterocycles. The molecule has 0 aromatic carbocycles. The summed E-state index contributed by atoms with van der Waals surface area (Å²) in [5.41, 5.74) is 5.15. The topological polar surface area (TPSA) is 35.2 Å². The van der Waals surface area contributed by atoms with Gasteiger partial charge in [-0.25, -0.2) is 0 Å². The molecule has 0 aliphatic rings. The van der Waals surface area contributed by atoms with E-state index in [1.54, 1.807) is 0 Å². The zero-order valence-corrected chi connectivity index (χ0v) is 10.3. The van der Waals surface area contributed by atoms with Crippen LogP contribution in [-0.4, -0.2) is 26.2 Å². The minimum absolute atomic E-state index is 0.643. The van der Waals surface area contributed by atoms with Gasteiger partial charge in [0.05, 0.1) is 13.0 Å². The van der Waals surface area contributed by atoms with E-state index in [9.17, 15) is 0 Å². The average Bonchev–Trinajstić information content (AvgIpc) is 2.11. The van der Waals surface area contributed by atoms with Crippen molar-refractivity contribution in [3.63, 3.8) is 0 Å². The molecule has 1 atom stereocenters. The Balaban J connectivity index is -0.000000137. The summed E-state index contributed by atoms with van der Waals surface area (Å²) >= 11 is 0. The van der Waals surface area contributed by atoms with E-state index in [-0.39, 0.29) is 0 Å². The zero-order valence-electron chi connectivity index (χ0n) is 9.31. The number of nitrogens with two attached hydrogens (primary N) is 1. The van der Waals surface area contributed by atoms with E-state index in [2.05, 4.69) is 20.5 Å². The molecule has 3 heteroatoms. The molecule has 0 saturated heterocycles. The lowest BCUT2D eigenvalue weighted by Crippen LogP contribution is -2.07. The molecule has 0 amide bonds. The van der Waals surface area contributed by atoms with E-state index in [4.69, 9.17) is 10.5 Å². The molecule has 0 rings (SSSR count). The Morgan fingerprint density at radius 1 is 1.25 bits per heavy atom. The minimum Gasteiger partial charge on any atom is -0.376 e. The first-order valence-corrected chi connectivity index (χ1v) is 6.46. The summed E-state index contributed by atoms with van der Waals surface area (Å²) in [6, 6.07) is 0. The van der Waals surface area contributed by atoms with Crippen LogP contribution in [0.1, 0.15) is 34.1 Å². The van der Waals surface area contributed by atoms with Crippen molar-refractivity contribution in [2.45, 2.75) is 34.1 Å². The first-order chi connectivity index (χ1) is 5.83. The maximum absolute atomic E-state index is 5.15. The summed E-state index contributed by atoms with van der Waals surface area (Å²) in [6.07, 6.45) is 2.12. The van der Waals surface area contributed by atoms with Gasteiger partial charge in [0.2, 0.25) is 0 Å². The molecule has 0 radical (unpaired) electrons. The summed E-state index contributed by atoms with van der Waals surface area (Å²) in [4.78, 5) is 0. The molecule has 1 unspecified atom stereocenters. The van der Waals surface area contributed by atoms with Crippen molar-refractivity contribution in [1.29, 1.82) is 0 Å². The second-order valence-corrected chi connectivity index (χ2v) is 2.90. The second kappa shape index (κ2) is 30.2. The van der Waals surface area contributed by atoms with Crippen LogP contribution in [0.15, 0.2) is 0 Å². The normalized spacial score (nSPS) is 8.50. The van der Waals surface area contributed by atoms with Gasteiger partial charge in [-0.1, -0.05) is 42.7 Å². The summed E-state index contributed by atoms with van der Waals surface area (Å²) in [7, 11) is 0.890. The third-order valence-electron chi connectivity index (χ3n) is 0.509. The van der Waals surface area contributed by atoms with Crippen LogP contribution in [0.5, 0.6) is 0 Å². The Bertz CT molecular complexity index is 41.5. The van der Waals surface area contributed by atoms with Gasteiger partial charge >= 0.3 is 0 Å². The van der Waals surface area contributed by atoms with E-state index >= 15 is 0 Å². The molecule has 2 nitrogen and oxygen atoms in total. The Hall–Kier alpha value is 0.350. The first-order valence-electron chi connectivity index (χ1n) is 4.75. The lowest BCUT2D eigenvalue weighted by atomic mass is 10.6. The van der Waals surface area contributed by atoms with Crippen molar-refractivity contribution in [3.8, 4) is 0 Å². The lowest BCUT2D eigenvalue weighted by Gasteiger charge is -1.95. The standard InChI is InChI=1S/C4H12NOP.C3H8.C2H6/c1-7-4-6-3-2-5;1-3-2;1-2/h7H,2-5H2,1H3;3H2,1-2H3;1-2H3. The monoisotopic (exact) mass is 195 g/mol. The van der Waals surface area contributed by atoms with Gasteiger partial charge in [-0.15, -0.1) is 0 Å². The van der Waals surface area contributed by atoms with E-state index in [1.807, 2.05) is 13.8 Å². The van der Waals surface area contributed by atoms with Crippen molar-refractivity contribution < 1.29 is 4.74 Å². The predicted molar refractivity (Wildman–Crippen MR) is 61.4 cm³/mol. The molecule has 2 N–H and O–H groups in total. The number of hydrogen-bond donors (Lipinski definition) is 1. The van der Waals surface area contributed by atoms with E-state index in [1.165, 1.54) is 6.42 Å². The van der Waals surface area contributed by atoms with Crippen molar-refractivity contribution in [2.24, 2.45) is 5.73 Å². The fraction of sp³-hybridized carbons (Fsp3) is 1.00. The largest absolute Gasteiger partial charge is 0.376 e. The van der Waals surface area contributed by atoms with Crippen LogP contribution in [0.25, 0.3) is 0 Å². The molecular formula is C9H26NOP. The number of ether oxygens (including phenoxy) is 1. The maximum atomic E-state index is 5.15. The summed E-state index contributed by atoms with van der Waals surface area (Å²) in [5.74, 6) is 0. The summed E-state index contributed by atoms with van der Waals surface area (Å²) in [6.45, 7) is 11.7. The molecule has 0 spiro atoms. The highest BCUT2D eigenvalue weighted by Gasteiger charge is 1.77. The van der Waals surface area contributed by atoms with Crippen LogP contribution >= 0.6 is 8.58 Å². The molecule has 0 aliphatic carbocycles. The molecule has 0 aliphatic heterocycles. The van der Waals surface area contributed by atoms with Crippen LogP contribution in [0.2, 0.25) is 0 Å². The van der Waals surface area contributed by atoms with E-state index in [0.717, 1.165) is 14.9 Å². The van der Waals surface area contributed by atoms with Gasteiger partial charge < -0.3 is 10.5 Å². The van der Waals surface area contributed by atoms with Gasteiger partial charge in [0.15, 0.2) is 0 Å². The smallest absolute Gasteiger partial charge is 0.0628 e. The highest BCUT2D eigenvalue weighted by atomic mass is 31.1. The first kappa shape index (κ1) is 18.2. The fourth-order valence-corrected chi connectivity index (χ4v) is 0.606. The zero-order chi connectivity index (χ0) is 10.2. The van der Waals surface area contributed by atoms with Crippen molar-refractivity contribution in [1.82, 2.24) is 0 Å². The SMILES string of the molecule is CC.CCC.CPCOCCN. The maximum Gasteiger partial charge on any atom is 0.0628 e. The number of rotatable bonds is 4. The van der Waals surface area contributed by atoms with Crippen LogP contribution in [0.3, 0.4) is 0 Å². The van der Waals surface area contributed by atoms with Crippen LogP contribution < -0.4 is 5.73 Å². The Labute approximate surface area is 80.0 Å². The van der Waals surface area contributed by atoms with Gasteiger partial charge in [-0.2, -0.15) is 0 Å². The molecule has 0 fully saturated rings. The molecular weight excluding hydrogens is 169 g/mol. The summed E-state index contributed by atoms with van der Waals surface area (Å²) < 4.78 is 5.02. The Kier molecular flexibility index (Phi) is 45.7. The second-order valence-electron chi connectivity index (χ2n) is 1.90. The van der Waals surface area contributed by atoms with E-state index < -0.39 is 0 Å². The fourth-order valence-electron chi connectivity index (χ4n) is 0.258. The molecule has 0 aromatic rings. The molecule has 0 bridgehead atoms. The predicted octanol–water partition coefficient (Wildman–Crippen LogP) is 2.67. The van der Waals surface area contributed by atoms with Gasteiger partial charge in [0, 0.05) is 6.54 Å². The molecule has 78 valence electrons. The van der Waals surface area contributed by atoms with Crippen LogP contribution in [0, 0.1) is 0 Å². The number of hydrogen-bond acceptors (Lipinski definition) is 2.